The Labute approximate surface area is 65.1 Å². The maximum Gasteiger partial charge on any atom is 0.238 e. The molecule has 1 heterocycles. The van der Waals surface area contributed by atoms with Gasteiger partial charge in [0.25, 0.3) is 0 Å². The largest absolute Gasteiger partial charge is 0.238 e. The van der Waals surface area contributed by atoms with Gasteiger partial charge in [0, 0.05) is 0 Å². The summed E-state index contributed by atoms with van der Waals surface area (Å²) in [6.45, 7) is 3.20. The average Bonchev–Trinajstić information content (AvgIpc) is 2.08. The topological polar surface area (TPSA) is 64.8 Å². The molecule has 0 spiro atoms. The van der Waals surface area contributed by atoms with Crippen molar-refractivity contribution >= 4 is 10.0 Å². The number of aryl methyl sites for hydroxylation is 2. The molecule has 0 amide bonds. The molecule has 1 rings (SSSR count). The molecular formula is C5H9N3O2S. The van der Waals surface area contributed by atoms with Crippen molar-refractivity contribution < 1.29 is 8.42 Å². The number of hydrogen-bond acceptors (Lipinski definition) is 4. The molecule has 0 aliphatic heterocycles. The predicted octanol–water partition coefficient (Wildman–Crippen LogP) is -0.297. The normalized spacial score (nSPS) is 11.9. The van der Waals surface area contributed by atoms with Crippen LogP contribution in [-0.4, -0.2) is 28.8 Å². The van der Waals surface area contributed by atoms with Crippen LogP contribution < -0.4 is 0 Å². The van der Waals surface area contributed by atoms with Crippen molar-refractivity contribution in [1.29, 1.82) is 0 Å². The fourth-order valence-corrected chi connectivity index (χ4v) is 1.97. The van der Waals surface area contributed by atoms with E-state index in [1.807, 2.05) is 0 Å². The second-order valence-electron chi connectivity index (χ2n) is 2.32. The summed E-state index contributed by atoms with van der Waals surface area (Å²) in [4.78, 5) is 0. The molecule has 0 saturated carbocycles. The molecule has 0 radical (unpaired) electrons. The van der Waals surface area contributed by atoms with E-state index in [2.05, 4.69) is 10.2 Å². The molecule has 6 heteroatoms. The Kier molecular flexibility index (Phi) is 1.71. The van der Waals surface area contributed by atoms with Gasteiger partial charge in [0.15, 0.2) is 0 Å². The van der Waals surface area contributed by atoms with Crippen LogP contribution >= 0.6 is 0 Å². The molecule has 1 aromatic rings. The van der Waals surface area contributed by atoms with E-state index in [9.17, 15) is 8.42 Å². The average molecular weight is 175 g/mol. The van der Waals surface area contributed by atoms with Crippen molar-refractivity contribution in [3.8, 4) is 0 Å². The summed E-state index contributed by atoms with van der Waals surface area (Å²) < 4.78 is 23.1. The predicted molar refractivity (Wildman–Crippen MR) is 39.7 cm³/mol. The van der Waals surface area contributed by atoms with Crippen molar-refractivity contribution in [3.63, 3.8) is 0 Å². The quantitative estimate of drug-likeness (QED) is 0.588. The van der Waals surface area contributed by atoms with Gasteiger partial charge in [-0.2, -0.15) is 0 Å². The maximum absolute atomic E-state index is 11.0. The molecule has 1 aromatic heterocycles. The zero-order valence-electron chi connectivity index (χ0n) is 6.57. The minimum Gasteiger partial charge on any atom is -0.209 e. The SMILES string of the molecule is Cc1nnc(C)n1S(C)(=O)=O. The van der Waals surface area contributed by atoms with E-state index >= 15 is 0 Å². The van der Waals surface area contributed by atoms with Crippen LogP contribution in [0.5, 0.6) is 0 Å². The molecule has 0 N–H and O–H groups in total. The Morgan fingerprint density at radius 2 is 1.55 bits per heavy atom. The first-order valence-corrected chi connectivity index (χ1v) is 4.87. The lowest BCUT2D eigenvalue weighted by Gasteiger charge is -2.00. The molecule has 0 aromatic carbocycles. The van der Waals surface area contributed by atoms with Crippen molar-refractivity contribution in [3.05, 3.63) is 11.6 Å². The molecule has 62 valence electrons. The number of aromatic nitrogens is 3. The molecule has 0 fully saturated rings. The highest BCUT2D eigenvalue weighted by molar-refractivity contribution is 7.89. The van der Waals surface area contributed by atoms with Crippen molar-refractivity contribution in [1.82, 2.24) is 14.2 Å². The molecule has 5 nitrogen and oxygen atoms in total. The van der Waals surface area contributed by atoms with Crippen LogP contribution in [0.3, 0.4) is 0 Å². The third-order valence-corrected chi connectivity index (χ3v) is 2.45. The summed E-state index contributed by atoms with van der Waals surface area (Å²) >= 11 is 0. The number of hydrogen-bond donors (Lipinski definition) is 0. The summed E-state index contributed by atoms with van der Waals surface area (Å²) in [6, 6.07) is 0. The third kappa shape index (κ3) is 1.40. The van der Waals surface area contributed by atoms with Gasteiger partial charge in [-0.25, -0.2) is 12.4 Å². The van der Waals surface area contributed by atoms with E-state index in [4.69, 9.17) is 0 Å². The zero-order valence-corrected chi connectivity index (χ0v) is 7.38. The van der Waals surface area contributed by atoms with E-state index in [0.29, 0.717) is 11.6 Å². The standard InChI is InChI=1S/C5H9N3O2S/c1-4-6-7-5(2)8(4)11(3,9)10/h1-3H3. The van der Waals surface area contributed by atoms with Gasteiger partial charge in [-0.3, -0.25) is 0 Å². The van der Waals surface area contributed by atoms with E-state index in [1.165, 1.54) is 0 Å². The van der Waals surface area contributed by atoms with Gasteiger partial charge in [0.1, 0.15) is 11.6 Å². The van der Waals surface area contributed by atoms with Crippen LogP contribution in [0.4, 0.5) is 0 Å². The van der Waals surface area contributed by atoms with Crippen LogP contribution in [-0.2, 0) is 10.0 Å². The maximum atomic E-state index is 11.0. The second kappa shape index (κ2) is 2.30. The highest BCUT2D eigenvalue weighted by Crippen LogP contribution is 2.02. The van der Waals surface area contributed by atoms with E-state index in [0.717, 1.165) is 10.2 Å². The van der Waals surface area contributed by atoms with Crippen LogP contribution in [0.15, 0.2) is 0 Å². The Bertz CT molecular complexity index is 346. The first kappa shape index (κ1) is 8.19. The molecule has 0 aliphatic rings. The molecular weight excluding hydrogens is 166 g/mol. The van der Waals surface area contributed by atoms with Gasteiger partial charge in [0.05, 0.1) is 6.26 Å². The van der Waals surface area contributed by atoms with Crippen molar-refractivity contribution in [2.24, 2.45) is 0 Å². The Balaban J connectivity index is 3.45. The van der Waals surface area contributed by atoms with E-state index < -0.39 is 10.0 Å². The summed E-state index contributed by atoms with van der Waals surface area (Å²) in [5.74, 6) is 0.787. The van der Waals surface area contributed by atoms with E-state index in [-0.39, 0.29) is 0 Å². The molecule has 0 unspecified atom stereocenters. The third-order valence-electron chi connectivity index (χ3n) is 1.26. The fraction of sp³-hybridized carbons (Fsp3) is 0.600. The van der Waals surface area contributed by atoms with Crippen molar-refractivity contribution in [2.45, 2.75) is 13.8 Å². The summed E-state index contributed by atoms with van der Waals surface area (Å²) in [5.41, 5.74) is 0. The van der Waals surface area contributed by atoms with Crippen LogP contribution in [0.1, 0.15) is 11.6 Å². The molecule has 0 atom stereocenters. The smallest absolute Gasteiger partial charge is 0.209 e. The Morgan fingerprint density at radius 3 is 1.73 bits per heavy atom. The van der Waals surface area contributed by atoms with Crippen LogP contribution in [0.2, 0.25) is 0 Å². The lowest BCUT2D eigenvalue weighted by Crippen LogP contribution is -2.13. The van der Waals surface area contributed by atoms with Gasteiger partial charge in [-0.05, 0) is 13.8 Å². The van der Waals surface area contributed by atoms with Crippen LogP contribution in [0.25, 0.3) is 0 Å². The van der Waals surface area contributed by atoms with Gasteiger partial charge in [-0.15, -0.1) is 10.2 Å². The molecule has 11 heavy (non-hydrogen) atoms. The Morgan fingerprint density at radius 1 is 1.18 bits per heavy atom. The summed E-state index contributed by atoms with van der Waals surface area (Å²) in [7, 11) is -3.23. The van der Waals surface area contributed by atoms with E-state index in [1.54, 1.807) is 13.8 Å². The van der Waals surface area contributed by atoms with Crippen molar-refractivity contribution in [2.75, 3.05) is 6.26 Å². The van der Waals surface area contributed by atoms with Gasteiger partial charge in [0.2, 0.25) is 10.0 Å². The molecule has 0 bridgehead atoms. The first-order valence-electron chi connectivity index (χ1n) is 3.02. The monoisotopic (exact) mass is 175 g/mol. The zero-order chi connectivity index (χ0) is 8.65. The highest BCUT2D eigenvalue weighted by Gasteiger charge is 2.12. The Hall–Kier alpha value is -0.910. The number of rotatable bonds is 1. The van der Waals surface area contributed by atoms with Gasteiger partial charge < -0.3 is 0 Å². The number of nitrogens with zero attached hydrogens (tertiary/aromatic N) is 3. The lowest BCUT2D eigenvalue weighted by atomic mass is 10.7. The first-order chi connectivity index (χ1) is 4.93. The lowest BCUT2D eigenvalue weighted by molar-refractivity contribution is 0.590. The minimum absolute atomic E-state index is 0.394. The molecule has 0 aliphatic carbocycles. The highest BCUT2D eigenvalue weighted by atomic mass is 32.2. The molecule has 0 saturated heterocycles. The van der Waals surface area contributed by atoms with Crippen LogP contribution in [0, 0.1) is 13.8 Å². The van der Waals surface area contributed by atoms with Gasteiger partial charge >= 0.3 is 0 Å². The second-order valence-corrected chi connectivity index (χ2v) is 4.15. The summed E-state index contributed by atoms with van der Waals surface area (Å²) in [6.07, 6.45) is 1.12. The minimum atomic E-state index is -3.23. The van der Waals surface area contributed by atoms with Gasteiger partial charge in [-0.1, -0.05) is 0 Å². The fourth-order valence-electron chi connectivity index (χ4n) is 0.940. The summed E-state index contributed by atoms with van der Waals surface area (Å²) in [5, 5.41) is 7.23.